The minimum Gasteiger partial charge on any atom is -0.494 e. The number of nitrogens with two attached hydrogens (primary N) is 1. The third kappa shape index (κ3) is 3.82. The minimum absolute atomic E-state index is 0.768. The summed E-state index contributed by atoms with van der Waals surface area (Å²) in [4.78, 5) is 2.46. The second-order valence-corrected chi connectivity index (χ2v) is 5.82. The molecule has 0 aliphatic carbocycles. The SMILES string of the molecule is CCCOc1ccc(N)c(CN2CCSCC2)c1. The van der Waals surface area contributed by atoms with Gasteiger partial charge in [-0.15, -0.1) is 0 Å². The van der Waals surface area contributed by atoms with Gasteiger partial charge in [-0.3, -0.25) is 4.90 Å². The summed E-state index contributed by atoms with van der Waals surface area (Å²) in [6.07, 6.45) is 1.03. The molecule has 1 aromatic rings. The van der Waals surface area contributed by atoms with Crippen LogP contribution < -0.4 is 10.5 Å². The molecule has 1 aromatic carbocycles. The van der Waals surface area contributed by atoms with Crippen molar-refractivity contribution in [1.82, 2.24) is 4.90 Å². The Hall–Kier alpha value is -0.870. The predicted octanol–water partition coefficient (Wildman–Crippen LogP) is 2.61. The van der Waals surface area contributed by atoms with E-state index in [-0.39, 0.29) is 0 Å². The van der Waals surface area contributed by atoms with Crippen LogP contribution in [0.25, 0.3) is 0 Å². The highest BCUT2D eigenvalue weighted by molar-refractivity contribution is 7.99. The molecule has 1 heterocycles. The highest BCUT2D eigenvalue weighted by atomic mass is 32.2. The van der Waals surface area contributed by atoms with E-state index in [0.717, 1.165) is 44.1 Å². The summed E-state index contributed by atoms with van der Waals surface area (Å²) in [5.74, 6) is 3.39. The Morgan fingerprint density at radius 2 is 2.11 bits per heavy atom. The number of nitrogen functional groups attached to an aromatic ring is 1. The summed E-state index contributed by atoms with van der Waals surface area (Å²) in [5.41, 5.74) is 8.11. The topological polar surface area (TPSA) is 38.5 Å². The summed E-state index contributed by atoms with van der Waals surface area (Å²) >= 11 is 2.03. The van der Waals surface area contributed by atoms with Crippen molar-refractivity contribution in [1.29, 1.82) is 0 Å². The van der Waals surface area contributed by atoms with Crippen molar-refractivity contribution < 1.29 is 4.74 Å². The molecular formula is C14H22N2OS. The zero-order valence-corrected chi connectivity index (χ0v) is 11.8. The molecule has 4 heteroatoms. The second kappa shape index (κ2) is 6.90. The lowest BCUT2D eigenvalue weighted by atomic mass is 10.1. The Balaban J connectivity index is 2.00. The number of anilines is 1. The van der Waals surface area contributed by atoms with Crippen molar-refractivity contribution in [2.75, 3.05) is 36.9 Å². The average molecular weight is 266 g/mol. The van der Waals surface area contributed by atoms with E-state index in [1.807, 2.05) is 23.9 Å². The second-order valence-electron chi connectivity index (χ2n) is 4.60. The summed E-state index contributed by atoms with van der Waals surface area (Å²) in [6.45, 7) is 6.14. The Labute approximate surface area is 114 Å². The first-order chi connectivity index (χ1) is 8.79. The van der Waals surface area contributed by atoms with E-state index in [1.165, 1.54) is 17.1 Å². The van der Waals surface area contributed by atoms with Crippen LogP contribution in [0.3, 0.4) is 0 Å². The third-order valence-corrected chi connectivity index (χ3v) is 4.03. The van der Waals surface area contributed by atoms with Gasteiger partial charge in [0.15, 0.2) is 0 Å². The highest BCUT2D eigenvalue weighted by Gasteiger charge is 2.12. The molecule has 2 rings (SSSR count). The third-order valence-electron chi connectivity index (χ3n) is 3.08. The van der Waals surface area contributed by atoms with E-state index in [9.17, 15) is 0 Å². The molecule has 0 aromatic heterocycles. The fourth-order valence-electron chi connectivity index (χ4n) is 2.03. The van der Waals surface area contributed by atoms with Gasteiger partial charge in [0.1, 0.15) is 5.75 Å². The number of rotatable bonds is 5. The lowest BCUT2D eigenvalue weighted by Crippen LogP contribution is -2.32. The van der Waals surface area contributed by atoms with Crippen LogP contribution >= 0.6 is 11.8 Å². The quantitative estimate of drug-likeness (QED) is 0.832. The standard InChI is InChI=1S/C14H22N2OS/c1-2-7-17-13-3-4-14(15)12(10-13)11-16-5-8-18-9-6-16/h3-4,10H,2,5-9,11,15H2,1H3. The van der Waals surface area contributed by atoms with Crippen molar-refractivity contribution in [2.24, 2.45) is 0 Å². The fourth-order valence-corrected chi connectivity index (χ4v) is 3.01. The molecule has 0 unspecified atom stereocenters. The molecule has 3 nitrogen and oxygen atoms in total. The lowest BCUT2D eigenvalue weighted by Gasteiger charge is -2.26. The number of hydrogen-bond acceptors (Lipinski definition) is 4. The van der Waals surface area contributed by atoms with Crippen LogP contribution in [-0.4, -0.2) is 36.1 Å². The van der Waals surface area contributed by atoms with Crippen LogP contribution in [0, 0.1) is 0 Å². The smallest absolute Gasteiger partial charge is 0.119 e. The Bertz CT molecular complexity index is 378. The Morgan fingerprint density at radius 1 is 1.33 bits per heavy atom. The van der Waals surface area contributed by atoms with Crippen molar-refractivity contribution in [3.05, 3.63) is 23.8 Å². The largest absolute Gasteiger partial charge is 0.494 e. The van der Waals surface area contributed by atoms with Gasteiger partial charge in [0.25, 0.3) is 0 Å². The van der Waals surface area contributed by atoms with Gasteiger partial charge in [0, 0.05) is 36.8 Å². The summed E-state index contributed by atoms with van der Waals surface area (Å²) in [6, 6.07) is 6.01. The van der Waals surface area contributed by atoms with Crippen LogP contribution in [0.5, 0.6) is 5.75 Å². The molecule has 18 heavy (non-hydrogen) atoms. The zero-order valence-electron chi connectivity index (χ0n) is 11.0. The first kappa shape index (κ1) is 13.6. The zero-order chi connectivity index (χ0) is 12.8. The lowest BCUT2D eigenvalue weighted by molar-refractivity contribution is 0.292. The molecule has 2 N–H and O–H groups in total. The van der Waals surface area contributed by atoms with Gasteiger partial charge >= 0.3 is 0 Å². The molecule has 1 aliphatic rings. The van der Waals surface area contributed by atoms with Gasteiger partial charge in [-0.25, -0.2) is 0 Å². The summed E-state index contributed by atoms with van der Waals surface area (Å²) in [5, 5.41) is 0. The molecule has 0 amide bonds. The average Bonchev–Trinajstić information content (AvgIpc) is 2.41. The number of benzene rings is 1. The molecule has 0 radical (unpaired) electrons. The van der Waals surface area contributed by atoms with E-state index in [2.05, 4.69) is 17.9 Å². The van der Waals surface area contributed by atoms with Crippen molar-refractivity contribution in [3.63, 3.8) is 0 Å². The first-order valence-electron chi connectivity index (χ1n) is 6.61. The molecule has 1 fully saturated rings. The van der Waals surface area contributed by atoms with Gasteiger partial charge in [-0.1, -0.05) is 6.92 Å². The van der Waals surface area contributed by atoms with Gasteiger partial charge in [-0.2, -0.15) is 11.8 Å². The van der Waals surface area contributed by atoms with E-state index in [4.69, 9.17) is 10.5 Å². The summed E-state index contributed by atoms with van der Waals surface area (Å²) < 4.78 is 5.66. The van der Waals surface area contributed by atoms with Gasteiger partial charge in [-0.05, 0) is 30.2 Å². The van der Waals surface area contributed by atoms with Crippen molar-refractivity contribution >= 4 is 17.4 Å². The number of thioether (sulfide) groups is 1. The van der Waals surface area contributed by atoms with Gasteiger partial charge in [0.2, 0.25) is 0 Å². The van der Waals surface area contributed by atoms with Crippen LogP contribution in [0.4, 0.5) is 5.69 Å². The maximum absolute atomic E-state index is 6.05. The normalized spacial score (nSPS) is 16.7. The van der Waals surface area contributed by atoms with Crippen molar-refractivity contribution in [2.45, 2.75) is 19.9 Å². The highest BCUT2D eigenvalue weighted by Crippen LogP contribution is 2.22. The summed E-state index contributed by atoms with van der Waals surface area (Å²) in [7, 11) is 0. The molecule has 0 saturated carbocycles. The van der Waals surface area contributed by atoms with E-state index in [0.29, 0.717) is 0 Å². The van der Waals surface area contributed by atoms with E-state index >= 15 is 0 Å². The molecule has 0 atom stereocenters. The molecule has 0 bridgehead atoms. The van der Waals surface area contributed by atoms with E-state index in [1.54, 1.807) is 0 Å². The number of hydrogen-bond donors (Lipinski definition) is 1. The van der Waals surface area contributed by atoms with Gasteiger partial charge < -0.3 is 10.5 Å². The van der Waals surface area contributed by atoms with E-state index < -0.39 is 0 Å². The van der Waals surface area contributed by atoms with Crippen LogP contribution in [-0.2, 0) is 6.54 Å². The van der Waals surface area contributed by atoms with Crippen molar-refractivity contribution in [3.8, 4) is 5.75 Å². The number of ether oxygens (including phenoxy) is 1. The molecular weight excluding hydrogens is 244 g/mol. The predicted molar refractivity (Wildman–Crippen MR) is 79.2 cm³/mol. The fraction of sp³-hybridized carbons (Fsp3) is 0.571. The molecule has 1 aliphatic heterocycles. The van der Waals surface area contributed by atoms with Crippen LogP contribution in [0.1, 0.15) is 18.9 Å². The Kier molecular flexibility index (Phi) is 5.20. The number of nitrogens with zero attached hydrogens (tertiary/aromatic N) is 1. The monoisotopic (exact) mass is 266 g/mol. The molecule has 100 valence electrons. The Morgan fingerprint density at radius 3 is 2.83 bits per heavy atom. The van der Waals surface area contributed by atoms with Gasteiger partial charge in [0.05, 0.1) is 6.61 Å². The molecule has 1 saturated heterocycles. The van der Waals surface area contributed by atoms with Crippen LogP contribution in [0.15, 0.2) is 18.2 Å². The van der Waals surface area contributed by atoms with Crippen LogP contribution in [0.2, 0.25) is 0 Å². The maximum Gasteiger partial charge on any atom is 0.119 e. The first-order valence-corrected chi connectivity index (χ1v) is 7.76. The maximum atomic E-state index is 6.05. The minimum atomic E-state index is 0.768. The molecule has 0 spiro atoms.